The largest absolute Gasteiger partial charge is 0 e. The number of halogens is 3. The summed E-state index contributed by atoms with van der Waals surface area (Å²) < 4.78 is 27.4. The van der Waals surface area contributed by atoms with Crippen LogP contribution < -0.4 is 10.6 Å². The maximum atomic E-state index is 13.7. The Morgan fingerprint density at radius 3 is 1.45 bits per heavy atom. The van der Waals surface area contributed by atoms with Crippen molar-refractivity contribution in [3.8, 4) is 6.07 Å². The monoisotopic (exact) mass is 784 g/mol. The summed E-state index contributed by atoms with van der Waals surface area (Å²) >= 11 is 3.35. The van der Waals surface area contributed by atoms with Gasteiger partial charge in [0.15, 0.2) is 0 Å². The molecular formula is C39H53ClF2FeNNiP2. The Hall–Kier alpha value is -0.827. The van der Waals surface area contributed by atoms with Crippen molar-refractivity contribution in [1.29, 1.82) is 5.26 Å². The van der Waals surface area contributed by atoms with Crippen LogP contribution in [-0.2, 0) is 31.6 Å². The predicted octanol–water partition coefficient (Wildman–Crippen LogP) is 12.2. The third kappa shape index (κ3) is 14.5. The zero-order chi connectivity index (χ0) is 34.3. The summed E-state index contributed by atoms with van der Waals surface area (Å²) in [7, 11) is 3.37. The Bertz CT molecular complexity index is 1240. The van der Waals surface area contributed by atoms with Gasteiger partial charge < -0.3 is 0 Å². The first-order valence-electron chi connectivity index (χ1n) is 16.5. The molecule has 2 saturated carbocycles. The Labute approximate surface area is 310 Å². The summed E-state index contributed by atoms with van der Waals surface area (Å²) in [5.74, 6) is 0.252. The number of rotatable bonds is 5. The molecule has 47 heavy (non-hydrogen) atoms. The van der Waals surface area contributed by atoms with Gasteiger partial charge >= 0.3 is 24.8 Å². The molecule has 0 aliphatic heterocycles. The second-order valence-electron chi connectivity index (χ2n) is 14.2. The first kappa shape index (κ1) is 44.2. The number of nitriles is 1. The number of nitrogens with zero attached hydrogens (tertiary/aromatic N) is 1. The minimum atomic E-state index is -0.668. The molecule has 3 aromatic carbocycles. The van der Waals surface area contributed by atoms with Gasteiger partial charge in [0.1, 0.15) is 11.6 Å². The van der Waals surface area contributed by atoms with Crippen LogP contribution in [0.2, 0.25) is 0 Å². The van der Waals surface area contributed by atoms with Gasteiger partial charge in [-0.05, 0) is 95.3 Å². The van der Waals surface area contributed by atoms with Gasteiger partial charge in [-0.3, -0.25) is 0 Å². The number of hydrogen-bond donors (Lipinski definition) is 0. The van der Waals surface area contributed by atoms with Crippen LogP contribution in [0.5, 0.6) is 0 Å². The van der Waals surface area contributed by atoms with E-state index in [1.54, 1.807) is 36.4 Å². The van der Waals surface area contributed by atoms with E-state index >= 15 is 0 Å². The number of benzene rings is 3. The minimum Gasteiger partial charge on any atom is 0 e. The fraction of sp³-hybridized carbons (Fsp3) is 0.513. The second-order valence-corrected chi connectivity index (χ2v) is 20.9. The van der Waals surface area contributed by atoms with E-state index in [1.165, 1.54) is 62.0 Å². The van der Waals surface area contributed by atoms with Gasteiger partial charge in [-0.15, -0.1) is 0 Å². The molecular weight excluding hydrogens is 732 g/mol. The van der Waals surface area contributed by atoms with Crippen molar-refractivity contribution < 1.29 is 40.4 Å². The summed E-state index contributed by atoms with van der Waals surface area (Å²) in [6, 6.07) is 25.3. The van der Waals surface area contributed by atoms with Crippen LogP contribution in [0.3, 0.4) is 0 Å². The molecule has 3 atom stereocenters. The number of hydrogen-bond acceptors (Lipinski definition) is 1. The van der Waals surface area contributed by atoms with E-state index in [4.69, 9.17) is 5.26 Å². The van der Waals surface area contributed by atoms with Gasteiger partial charge in [0.05, 0.1) is 11.6 Å². The van der Waals surface area contributed by atoms with Crippen molar-refractivity contribution in [3.63, 3.8) is 0 Å². The van der Waals surface area contributed by atoms with Crippen LogP contribution in [0.4, 0.5) is 8.78 Å². The summed E-state index contributed by atoms with van der Waals surface area (Å²) in [5, 5.41) is 11.3. The Kier molecular flexibility index (Phi) is 20.8. The molecule has 5 rings (SSSR count). The van der Waals surface area contributed by atoms with Gasteiger partial charge in [-0.2, -0.15) is 5.26 Å². The molecule has 0 saturated heterocycles. The molecule has 2 fully saturated rings. The van der Waals surface area contributed by atoms with Crippen LogP contribution in [0.15, 0.2) is 78.9 Å². The zero-order valence-corrected chi connectivity index (χ0v) is 33.7. The molecule has 3 aromatic rings. The van der Waals surface area contributed by atoms with E-state index in [1.807, 2.05) is 48.5 Å². The summed E-state index contributed by atoms with van der Waals surface area (Å²) in [6.07, 6.45) is 11.2. The fourth-order valence-electron chi connectivity index (χ4n) is 7.40. The molecule has 0 spiro atoms. The van der Waals surface area contributed by atoms with Crippen LogP contribution in [-0.4, -0.2) is 21.6 Å². The van der Waals surface area contributed by atoms with Crippen LogP contribution in [0, 0.1) is 28.9 Å². The van der Waals surface area contributed by atoms with E-state index < -0.39 is 7.92 Å². The third-order valence-corrected chi connectivity index (χ3v) is 15.8. The van der Waals surface area contributed by atoms with Crippen molar-refractivity contribution >= 4 is 36.6 Å². The molecule has 2 aliphatic carbocycles. The molecule has 0 N–H and O–H groups in total. The van der Waals surface area contributed by atoms with Crippen molar-refractivity contribution in [2.75, 3.05) is 0 Å². The van der Waals surface area contributed by atoms with E-state index in [0.29, 0.717) is 22.8 Å². The molecule has 263 valence electrons. The van der Waals surface area contributed by atoms with Crippen LogP contribution in [0.25, 0.3) is 0 Å². The molecule has 0 bridgehead atoms. The molecule has 8 heteroatoms. The first-order valence-corrected chi connectivity index (χ1v) is 20.7. The minimum absolute atomic E-state index is 0. The van der Waals surface area contributed by atoms with Gasteiger partial charge in [0.25, 0.3) is 0 Å². The van der Waals surface area contributed by atoms with Crippen molar-refractivity contribution in [2.45, 2.75) is 121 Å². The summed E-state index contributed by atoms with van der Waals surface area (Å²) in [5.41, 5.74) is 1.91. The third-order valence-electron chi connectivity index (χ3n) is 8.70. The van der Waals surface area contributed by atoms with E-state index in [0.717, 1.165) is 0 Å². The quantitative estimate of drug-likeness (QED) is 0.187. The zero-order valence-electron chi connectivity index (χ0n) is 29.0. The summed E-state index contributed by atoms with van der Waals surface area (Å²) in [4.78, 5) is 0. The SMILES string of the molecule is C1CCCC1.CC(C1CCCC1P(c1ccc(F)cc1)c1ccc(F)cc1)P(C(C)(C)C)C(C)(C)C.N#Cc1ccccc1.[Cl][Ni].[Fe]. The van der Waals surface area contributed by atoms with Gasteiger partial charge in [-0.25, -0.2) is 8.78 Å². The van der Waals surface area contributed by atoms with Crippen LogP contribution in [0.1, 0.15) is 105 Å². The topological polar surface area (TPSA) is 23.8 Å². The molecule has 0 amide bonds. The normalized spacial score (nSPS) is 18.0. The van der Waals surface area contributed by atoms with Crippen molar-refractivity contribution in [1.82, 2.24) is 0 Å². The Balaban J connectivity index is 0.000000566. The maximum absolute atomic E-state index is 13.7. The van der Waals surface area contributed by atoms with E-state index in [-0.39, 0.29) is 46.9 Å². The van der Waals surface area contributed by atoms with Gasteiger partial charge in [-0.1, -0.05) is 137 Å². The molecule has 1 nitrogen and oxygen atoms in total. The molecule has 2 aliphatic rings. The Morgan fingerprint density at radius 1 is 0.702 bits per heavy atom. The van der Waals surface area contributed by atoms with Crippen LogP contribution >= 0.6 is 26.0 Å². The fourth-order valence-corrected chi connectivity index (χ4v) is 16.0. The molecule has 0 radical (unpaired) electrons. The summed E-state index contributed by atoms with van der Waals surface area (Å²) in [6.45, 7) is 17.0. The van der Waals surface area contributed by atoms with E-state index in [9.17, 15) is 8.78 Å². The average Bonchev–Trinajstić information content (AvgIpc) is 3.76. The Morgan fingerprint density at radius 2 is 1.11 bits per heavy atom. The predicted molar refractivity (Wildman–Crippen MR) is 196 cm³/mol. The van der Waals surface area contributed by atoms with Crippen molar-refractivity contribution in [2.24, 2.45) is 5.92 Å². The molecule has 0 aromatic heterocycles. The van der Waals surface area contributed by atoms with E-state index in [2.05, 4.69) is 73.2 Å². The maximum Gasteiger partial charge on any atom is 0 e. The molecule has 3 unspecified atom stereocenters. The van der Waals surface area contributed by atoms with Gasteiger partial charge in [0, 0.05) is 17.1 Å². The van der Waals surface area contributed by atoms with Gasteiger partial charge in [0.2, 0.25) is 0 Å². The average molecular weight is 786 g/mol. The molecule has 0 heterocycles. The second kappa shape index (κ2) is 22.1. The standard InChI is InChI=1S/C27H38F2P2.C7H5N.C5H10.ClH.Fe.Ni/c1-19(31(26(2,3)4)27(5,6)7)24-9-8-10-25(24)30(22-15-11-20(28)12-16-22)23-17-13-21(29)14-18-23;8-6-7-4-2-1-3-5-7;1-2-4-5-3-1;;;/h11-19,24-25H,8-10H2,1-7H3;1-5H;1-5H2;1H;;/q;;;;;+1/p-1. The van der Waals surface area contributed by atoms with Crippen molar-refractivity contribution in [3.05, 3.63) is 96.1 Å². The first-order chi connectivity index (χ1) is 21.8. The smallest absolute Gasteiger partial charge is 0 e.